The molecule has 0 saturated heterocycles. The smallest absolute Gasteiger partial charge is 0.124 e. The van der Waals surface area contributed by atoms with Crippen molar-refractivity contribution in [3.63, 3.8) is 0 Å². The molecule has 0 amide bonds. The van der Waals surface area contributed by atoms with E-state index in [4.69, 9.17) is 22.1 Å². The first-order valence-electron chi connectivity index (χ1n) is 6.83. The van der Waals surface area contributed by atoms with E-state index in [1.54, 1.807) is 0 Å². The summed E-state index contributed by atoms with van der Waals surface area (Å²) in [6, 6.07) is 13.8. The molecule has 3 heteroatoms. The van der Waals surface area contributed by atoms with Gasteiger partial charge >= 0.3 is 0 Å². The minimum Gasteiger partial charge on any atom is -0.494 e. The van der Waals surface area contributed by atoms with Crippen LogP contribution in [0.5, 0.6) is 5.75 Å². The van der Waals surface area contributed by atoms with Crippen molar-refractivity contribution in [3.8, 4) is 5.75 Å². The predicted octanol–water partition coefficient (Wildman–Crippen LogP) is 4.29. The summed E-state index contributed by atoms with van der Waals surface area (Å²) in [6.45, 7) is 4.68. The Kier molecular flexibility index (Phi) is 5.05. The van der Waals surface area contributed by atoms with E-state index in [0.717, 1.165) is 28.3 Å². The number of benzene rings is 2. The van der Waals surface area contributed by atoms with Gasteiger partial charge in [-0.3, -0.25) is 0 Å². The van der Waals surface area contributed by atoms with Crippen LogP contribution < -0.4 is 10.5 Å². The topological polar surface area (TPSA) is 35.2 Å². The fraction of sp³-hybridized carbons (Fsp3) is 0.294. The molecule has 0 bridgehead atoms. The molecule has 2 aromatic rings. The summed E-state index contributed by atoms with van der Waals surface area (Å²) in [6.07, 6.45) is 0.740. The van der Waals surface area contributed by atoms with E-state index in [1.807, 2.05) is 43.3 Å². The fourth-order valence-electron chi connectivity index (χ4n) is 2.27. The van der Waals surface area contributed by atoms with E-state index in [2.05, 4.69) is 13.0 Å². The van der Waals surface area contributed by atoms with Gasteiger partial charge in [-0.25, -0.2) is 0 Å². The molecule has 1 unspecified atom stereocenters. The van der Waals surface area contributed by atoms with Crippen molar-refractivity contribution >= 4 is 11.6 Å². The molecule has 106 valence electrons. The van der Waals surface area contributed by atoms with Gasteiger partial charge in [0.25, 0.3) is 0 Å². The highest BCUT2D eigenvalue weighted by Crippen LogP contribution is 2.28. The quantitative estimate of drug-likeness (QED) is 0.891. The Bertz CT molecular complexity index is 583. The van der Waals surface area contributed by atoms with Crippen molar-refractivity contribution < 1.29 is 4.74 Å². The summed E-state index contributed by atoms with van der Waals surface area (Å²) in [5, 5.41) is 0.740. The van der Waals surface area contributed by atoms with Crippen LogP contribution in [0.3, 0.4) is 0 Å². The zero-order valence-corrected chi connectivity index (χ0v) is 12.7. The van der Waals surface area contributed by atoms with Gasteiger partial charge < -0.3 is 10.5 Å². The number of hydrogen-bond donors (Lipinski definition) is 1. The molecule has 0 saturated carbocycles. The van der Waals surface area contributed by atoms with Crippen molar-refractivity contribution in [2.75, 3.05) is 6.61 Å². The third kappa shape index (κ3) is 3.75. The Hall–Kier alpha value is -1.51. The number of aryl methyl sites for hydroxylation is 1. The highest BCUT2D eigenvalue weighted by Gasteiger charge is 2.13. The number of hydrogen-bond acceptors (Lipinski definition) is 2. The average molecular weight is 290 g/mol. The molecular formula is C17H20ClNO. The van der Waals surface area contributed by atoms with Crippen LogP contribution in [0.4, 0.5) is 0 Å². The van der Waals surface area contributed by atoms with Gasteiger partial charge in [0.1, 0.15) is 5.75 Å². The van der Waals surface area contributed by atoms with Crippen LogP contribution >= 0.6 is 11.6 Å². The van der Waals surface area contributed by atoms with Crippen molar-refractivity contribution in [3.05, 3.63) is 64.2 Å². The Balaban J connectivity index is 2.23. The van der Waals surface area contributed by atoms with Crippen molar-refractivity contribution in [1.29, 1.82) is 0 Å². The SMILES string of the molecule is CCOc1ccc(C)cc1C(N)Cc1cccc(Cl)c1. The molecule has 2 N–H and O–H groups in total. The lowest BCUT2D eigenvalue weighted by Gasteiger charge is -2.17. The van der Waals surface area contributed by atoms with Crippen molar-refractivity contribution in [1.82, 2.24) is 0 Å². The van der Waals surface area contributed by atoms with Gasteiger partial charge in [0, 0.05) is 16.6 Å². The van der Waals surface area contributed by atoms with Crippen LogP contribution in [0, 0.1) is 6.92 Å². The highest BCUT2D eigenvalue weighted by molar-refractivity contribution is 6.30. The van der Waals surface area contributed by atoms with Gasteiger partial charge in [-0.05, 0) is 44.0 Å². The van der Waals surface area contributed by atoms with Crippen molar-refractivity contribution in [2.45, 2.75) is 26.3 Å². The first-order valence-corrected chi connectivity index (χ1v) is 7.21. The number of nitrogens with two attached hydrogens (primary N) is 1. The standard InChI is InChI=1S/C17H20ClNO/c1-3-20-17-8-7-12(2)9-15(17)16(19)11-13-5-4-6-14(18)10-13/h4-10,16H,3,11,19H2,1-2H3. The minimum atomic E-state index is -0.102. The lowest BCUT2D eigenvalue weighted by molar-refractivity contribution is 0.334. The summed E-state index contributed by atoms with van der Waals surface area (Å²) in [5.74, 6) is 0.868. The first kappa shape index (κ1) is 14.9. The summed E-state index contributed by atoms with van der Waals surface area (Å²) in [5.41, 5.74) is 9.72. The third-order valence-corrected chi connectivity index (χ3v) is 3.44. The van der Waals surface area contributed by atoms with Crippen LogP contribution in [0.25, 0.3) is 0 Å². The Morgan fingerprint density at radius 3 is 2.70 bits per heavy atom. The second-order valence-electron chi connectivity index (χ2n) is 4.91. The van der Waals surface area contributed by atoms with E-state index in [1.165, 1.54) is 5.56 Å². The van der Waals surface area contributed by atoms with Gasteiger partial charge in [0.2, 0.25) is 0 Å². The molecule has 1 atom stereocenters. The molecule has 0 aliphatic carbocycles. The average Bonchev–Trinajstić information content (AvgIpc) is 2.41. The van der Waals surface area contributed by atoms with Gasteiger partial charge in [0.15, 0.2) is 0 Å². The lowest BCUT2D eigenvalue weighted by Crippen LogP contribution is -2.15. The van der Waals surface area contributed by atoms with Crippen molar-refractivity contribution in [2.24, 2.45) is 5.73 Å². The van der Waals surface area contributed by atoms with Gasteiger partial charge in [-0.1, -0.05) is 41.4 Å². The molecule has 0 aliphatic rings. The first-order chi connectivity index (χ1) is 9.60. The van der Waals surface area contributed by atoms with E-state index in [9.17, 15) is 0 Å². The maximum absolute atomic E-state index is 6.35. The van der Waals surface area contributed by atoms with E-state index in [0.29, 0.717) is 6.61 Å². The summed E-state index contributed by atoms with van der Waals surface area (Å²) < 4.78 is 5.67. The van der Waals surface area contributed by atoms with Crippen LogP contribution in [0.15, 0.2) is 42.5 Å². The van der Waals surface area contributed by atoms with Gasteiger partial charge in [-0.15, -0.1) is 0 Å². The normalized spacial score (nSPS) is 12.2. The van der Waals surface area contributed by atoms with Gasteiger partial charge in [0.05, 0.1) is 6.61 Å². The second kappa shape index (κ2) is 6.78. The van der Waals surface area contributed by atoms with Crippen LogP contribution in [-0.4, -0.2) is 6.61 Å². The number of halogens is 1. The Morgan fingerprint density at radius 2 is 2.00 bits per heavy atom. The molecule has 20 heavy (non-hydrogen) atoms. The van der Waals surface area contributed by atoms with Crippen LogP contribution in [-0.2, 0) is 6.42 Å². The van der Waals surface area contributed by atoms with E-state index >= 15 is 0 Å². The van der Waals surface area contributed by atoms with Crippen LogP contribution in [0.1, 0.15) is 29.7 Å². The third-order valence-electron chi connectivity index (χ3n) is 3.21. The Morgan fingerprint density at radius 1 is 1.20 bits per heavy atom. The second-order valence-corrected chi connectivity index (χ2v) is 5.35. The molecule has 0 radical (unpaired) electrons. The van der Waals surface area contributed by atoms with E-state index < -0.39 is 0 Å². The fourth-order valence-corrected chi connectivity index (χ4v) is 2.49. The summed E-state index contributed by atoms with van der Waals surface area (Å²) in [7, 11) is 0. The molecular weight excluding hydrogens is 270 g/mol. The summed E-state index contributed by atoms with van der Waals surface area (Å²) in [4.78, 5) is 0. The van der Waals surface area contributed by atoms with Gasteiger partial charge in [-0.2, -0.15) is 0 Å². The monoisotopic (exact) mass is 289 g/mol. The number of ether oxygens (including phenoxy) is 1. The maximum Gasteiger partial charge on any atom is 0.124 e. The minimum absolute atomic E-state index is 0.102. The largest absolute Gasteiger partial charge is 0.494 e. The molecule has 2 aromatic carbocycles. The maximum atomic E-state index is 6.35. The highest BCUT2D eigenvalue weighted by atomic mass is 35.5. The zero-order chi connectivity index (χ0) is 14.5. The zero-order valence-electron chi connectivity index (χ0n) is 11.9. The molecule has 0 aliphatic heterocycles. The summed E-state index contributed by atoms with van der Waals surface area (Å²) >= 11 is 6.02. The van der Waals surface area contributed by atoms with Crippen LogP contribution in [0.2, 0.25) is 5.02 Å². The van der Waals surface area contributed by atoms with E-state index in [-0.39, 0.29) is 6.04 Å². The molecule has 0 spiro atoms. The molecule has 0 aromatic heterocycles. The Labute approximate surface area is 125 Å². The molecule has 2 rings (SSSR count). The lowest BCUT2D eigenvalue weighted by atomic mass is 9.97. The molecule has 0 heterocycles. The molecule has 2 nitrogen and oxygen atoms in total. The molecule has 0 fully saturated rings. The predicted molar refractivity (Wildman–Crippen MR) is 84.4 cm³/mol. The number of rotatable bonds is 5.